The topological polar surface area (TPSA) is 70.6 Å². The summed E-state index contributed by atoms with van der Waals surface area (Å²) in [6.45, 7) is 7.33. The van der Waals surface area contributed by atoms with E-state index < -0.39 is 9.84 Å². The second-order valence-electron chi connectivity index (χ2n) is 7.88. The van der Waals surface area contributed by atoms with Crippen LogP contribution in [0.3, 0.4) is 0 Å². The number of thioether (sulfide) groups is 1. The Morgan fingerprint density at radius 2 is 1.77 bits per heavy atom. The highest BCUT2D eigenvalue weighted by molar-refractivity contribution is 7.99. The van der Waals surface area contributed by atoms with Gasteiger partial charge >= 0.3 is 0 Å². The van der Waals surface area contributed by atoms with Crippen molar-refractivity contribution in [2.24, 2.45) is 0 Å². The third kappa shape index (κ3) is 8.61. The number of carbonyl (C=O) groups excluding carboxylic acids is 1. The van der Waals surface area contributed by atoms with Crippen LogP contribution in [-0.4, -0.2) is 62.4 Å². The van der Waals surface area contributed by atoms with Gasteiger partial charge in [0.2, 0.25) is 5.91 Å². The van der Waals surface area contributed by atoms with Crippen LogP contribution in [0.15, 0.2) is 52.3 Å². The maximum atomic E-state index is 13.2. The third-order valence-electron chi connectivity index (χ3n) is 5.46. The number of benzene rings is 2. The van der Waals surface area contributed by atoms with Gasteiger partial charge in [0, 0.05) is 35.7 Å². The third-order valence-corrected chi connectivity index (χ3v) is 8.96. The van der Waals surface area contributed by atoms with E-state index in [1.165, 1.54) is 17.6 Å². The number of likely N-dealkylation sites (N-methyl/N-ethyl adjacent to an activating group) is 1. The Balaban J connectivity index is 0.00000432. The number of rotatable bonds is 12. The van der Waals surface area contributed by atoms with E-state index >= 15 is 0 Å². The molecule has 0 aliphatic rings. The summed E-state index contributed by atoms with van der Waals surface area (Å²) in [5.74, 6) is 0.862. The molecule has 2 aromatic carbocycles. The molecule has 192 valence electrons. The average Bonchev–Trinajstić information content (AvgIpc) is 3.23. The van der Waals surface area contributed by atoms with Gasteiger partial charge in [-0.1, -0.05) is 36.8 Å². The first-order valence-electron chi connectivity index (χ1n) is 11.2. The number of thiazole rings is 1. The number of amides is 1. The number of hydrogen-bond acceptors (Lipinski definition) is 7. The molecule has 11 heteroatoms. The van der Waals surface area contributed by atoms with E-state index in [9.17, 15) is 13.2 Å². The van der Waals surface area contributed by atoms with Crippen molar-refractivity contribution < 1.29 is 13.2 Å². The molecule has 0 radical (unpaired) electrons. The van der Waals surface area contributed by atoms with E-state index in [1.54, 1.807) is 34.9 Å². The van der Waals surface area contributed by atoms with Gasteiger partial charge < -0.3 is 4.90 Å². The summed E-state index contributed by atoms with van der Waals surface area (Å²) in [5.41, 5.74) is 0.700. The highest BCUT2D eigenvalue weighted by Gasteiger charge is 2.21. The fourth-order valence-electron chi connectivity index (χ4n) is 3.43. The molecule has 35 heavy (non-hydrogen) atoms. The Morgan fingerprint density at radius 3 is 2.40 bits per heavy atom. The van der Waals surface area contributed by atoms with Gasteiger partial charge in [-0.2, -0.15) is 0 Å². The highest BCUT2D eigenvalue weighted by Crippen LogP contribution is 2.31. The first kappa shape index (κ1) is 29.9. The minimum Gasteiger partial charge on any atom is -0.302 e. The number of nitrogens with zero attached hydrogens (tertiary/aromatic N) is 3. The molecular weight excluding hydrogens is 545 g/mol. The Bertz CT molecular complexity index is 1210. The molecule has 1 amide bonds. The zero-order valence-corrected chi connectivity index (χ0v) is 24.1. The minimum atomic E-state index is -3.31. The van der Waals surface area contributed by atoms with Crippen LogP contribution in [-0.2, 0) is 14.6 Å². The van der Waals surface area contributed by atoms with E-state index in [4.69, 9.17) is 11.6 Å². The van der Waals surface area contributed by atoms with E-state index in [-0.39, 0.29) is 23.2 Å². The lowest BCUT2D eigenvalue weighted by atomic mass is 10.3. The summed E-state index contributed by atoms with van der Waals surface area (Å²) >= 11 is 9.01. The summed E-state index contributed by atoms with van der Waals surface area (Å²) in [7, 11) is -3.31. The molecule has 1 heterocycles. The smallest absolute Gasteiger partial charge is 0.228 e. The standard InChI is InChI=1S/C24H30ClN3O3S3.ClH/c1-4-27(5-2)14-15-28(23(29)7-6-16-32-19-10-8-18(25)9-11-19)24-26-21-13-12-20(34(3,30)31)17-22(21)33-24;/h8-13,17H,4-7,14-16H2,1-3H3;1H. The molecule has 0 saturated carbocycles. The van der Waals surface area contributed by atoms with Gasteiger partial charge in [0.25, 0.3) is 0 Å². The Morgan fingerprint density at radius 1 is 1.09 bits per heavy atom. The van der Waals surface area contributed by atoms with Crippen LogP contribution in [0.2, 0.25) is 5.02 Å². The van der Waals surface area contributed by atoms with Crippen molar-refractivity contribution in [2.45, 2.75) is 36.5 Å². The summed E-state index contributed by atoms with van der Waals surface area (Å²) in [6, 6.07) is 12.6. The van der Waals surface area contributed by atoms with Crippen LogP contribution in [0.25, 0.3) is 10.2 Å². The van der Waals surface area contributed by atoms with Crippen molar-refractivity contribution in [3.8, 4) is 0 Å². The van der Waals surface area contributed by atoms with Gasteiger partial charge in [-0.15, -0.1) is 24.2 Å². The Kier molecular flexibility index (Phi) is 11.8. The maximum Gasteiger partial charge on any atom is 0.228 e. The predicted molar refractivity (Wildman–Crippen MR) is 152 cm³/mol. The van der Waals surface area contributed by atoms with E-state index in [0.717, 1.165) is 41.4 Å². The van der Waals surface area contributed by atoms with Gasteiger partial charge in [-0.25, -0.2) is 13.4 Å². The lowest BCUT2D eigenvalue weighted by Gasteiger charge is -2.24. The monoisotopic (exact) mass is 575 g/mol. The van der Waals surface area contributed by atoms with Gasteiger partial charge in [0.1, 0.15) is 0 Å². The number of halogens is 2. The van der Waals surface area contributed by atoms with Crippen LogP contribution in [0.4, 0.5) is 5.13 Å². The van der Waals surface area contributed by atoms with Crippen LogP contribution in [0.5, 0.6) is 0 Å². The second kappa shape index (κ2) is 13.8. The van der Waals surface area contributed by atoms with Gasteiger partial charge in [-0.3, -0.25) is 9.69 Å². The Labute approximate surface area is 227 Å². The molecule has 0 saturated heterocycles. The molecule has 0 N–H and O–H groups in total. The predicted octanol–water partition coefficient (Wildman–Crippen LogP) is 6.02. The number of anilines is 1. The summed E-state index contributed by atoms with van der Waals surface area (Å²) < 4.78 is 24.6. The van der Waals surface area contributed by atoms with Crippen LogP contribution in [0, 0.1) is 0 Å². The molecule has 0 aliphatic carbocycles. The van der Waals surface area contributed by atoms with E-state index in [2.05, 4.69) is 23.7 Å². The van der Waals surface area contributed by atoms with Crippen LogP contribution >= 0.6 is 47.1 Å². The molecule has 0 unspecified atom stereocenters. The lowest BCUT2D eigenvalue weighted by Crippen LogP contribution is -2.38. The zero-order valence-electron chi connectivity index (χ0n) is 20.1. The molecule has 1 aromatic heterocycles. The summed E-state index contributed by atoms with van der Waals surface area (Å²) in [4.78, 5) is 23.3. The fourth-order valence-corrected chi connectivity index (χ4v) is 6.18. The van der Waals surface area contributed by atoms with Crippen molar-refractivity contribution in [3.05, 3.63) is 47.5 Å². The van der Waals surface area contributed by atoms with Gasteiger partial charge in [-0.05, 0) is 67.7 Å². The minimum absolute atomic E-state index is 0. The van der Waals surface area contributed by atoms with Gasteiger partial charge in [0.05, 0.1) is 15.1 Å². The van der Waals surface area contributed by atoms with E-state index in [1.807, 2.05) is 24.3 Å². The van der Waals surface area contributed by atoms with Crippen molar-refractivity contribution in [1.82, 2.24) is 9.88 Å². The van der Waals surface area contributed by atoms with Crippen molar-refractivity contribution in [2.75, 3.05) is 43.1 Å². The molecule has 0 fully saturated rings. The van der Waals surface area contributed by atoms with Crippen molar-refractivity contribution in [3.63, 3.8) is 0 Å². The lowest BCUT2D eigenvalue weighted by molar-refractivity contribution is -0.118. The molecule has 0 bridgehead atoms. The number of hydrogen-bond donors (Lipinski definition) is 0. The number of aromatic nitrogens is 1. The molecule has 6 nitrogen and oxygen atoms in total. The summed E-state index contributed by atoms with van der Waals surface area (Å²) in [5, 5.41) is 1.33. The molecule has 3 aromatic rings. The molecule has 0 atom stereocenters. The maximum absolute atomic E-state index is 13.2. The normalized spacial score (nSPS) is 11.6. The SMILES string of the molecule is CCN(CC)CCN(C(=O)CCCSc1ccc(Cl)cc1)c1nc2ccc(S(C)(=O)=O)cc2s1.Cl. The quantitative estimate of drug-likeness (QED) is 0.194. The molecular formula is C24H31Cl2N3O3S3. The molecule has 0 aliphatic heterocycles. The Hall–Kier alpha value is -1.36. The first-order valence-corrected chi connectivity index (χ1v) is 15.3. The zero-order chi connectivity index (χ0) is 24.7. The highest BCUT2D eigenvalue weighted by atomic mass is 35.5. The average molecular weight is 577 g/mol. The largest absolute Gasteiger partial charge is 0.302 e. The van der Waals surface area contributed by atoms with Crippen molar-refractivity contribution >= 4 is 78.2 Å². The number of sulfone groups is 1. The fraction of sp³-hybridized carbons (Fsp3) is 0.417. The molecule has 3 rings (SSSR count). The first-order chi connectivity index (χ1) is 16.2. The van der Waals surface area contributed by atoms with Crippen LogP contribution in [0.1, 0.15) is 26.7 Å². The molecule has 0 spiro atoms. The van der Waals surface area contributed by atoms with Crippen LogP contribution < -0.4 is 4.90 Å². The number of carbonyl (C=O) groups is 1. The van der Waals surface area contributed by atoms with Crippen molar-refractivity contribution in [1.29, 1.82) is 0 Å². The summed E-state index contributed by atoms with van der Waals surface area (Å²) in [6.07, 6.45) is 2.36. The second-order valence-corrected chi connectivity index (χ2v) is 12.5. The van der Waals surface area contributed by atoms with E-state index in [0.29, 0.717) is 28.6 Å². The number of fused-ring (bicyclic) bond motifs is 1. The van der Waals surface area contributed by atoms with Gasteiger partial charge in [0.15, 0.2) is 15.0 Å².